The minimum atomic E-state index is -0.288. The fourth-order valence-corrected chi connectivity index (χ4v) is 6.59. The molecule has 8 rings (SSSR count). The van der Waals surface area contributed by atoms with Gasteiger partial charge in [0.2, 0.25) is 11.8 Å². The molecule has 2 N–H and O–H groups in total. The Hall–Kier alpha value is -5.42. The minimum Gasteiger partial charge on any atom is -0.494 e. The van der Waals surface area contributed by atoms with Gasteiger partial charge >= 0.3 is 0 Å². The van der Waals surface area contributed by atoms with E-state index in [1.54, 1.807) is 24.3 Å². The van der Waals surface area contributed by atoms with Crippen molar-refractivity contribution in [2.75, 3.05) is 20.1 Å². The molecule has 0 radical (unpaired) electrons. The first-order valence-electron chi connectivity index (χ1n) is 14.4. The van der Waals surface area contributed by atoms with Gasteiger partial charge in [-0.2, -0.15) is 0 Å². The summed E-state index contributed by atoms with van der Waals surface area (Å²) in [6.45, 7) is 4.90. The molecule has 0 fully saturated rings. The van der Waals surface area contributed by atoms with E-state index in [0.717, 1.165) is 10.8 Å². The van der Waals surface area contributed by atoms with Crippen LogP contribution in [0.15, 0.2) is 78.1 Å². The van der Waals surface area contributed by atoms with E-state index in [1.807, 2.05) is 50.1 Å². The highest BCUT2D eigenvalue weighted by atomic mass is 16.3. The number of benzene rings is 4. The third-order valence-corrected chi connectivity index (χ3v) is 8.69. The summed E-state index contributed by atoms with van der Waals surface area (Å²) in [6, 6.07) is 14.5. The van der Waals surface area contributed by atoms with Gasteiger partial charge in [0.15, 0.2) is 0 Å². The van der Waals surface area contributed by atoms with Gasteiger partial charge in [0.05, 0.1) is 22.1 Å². The van der Waals surface area contributed by atoms with Crippen LogP contribution in [0.4, 0.5) is 11.4 Å². The minimum absolute atomic E-state index is 0.117. The molecule has 218 valence electrons. The molecule has 0 amide bonds. The third-order valence-electron chi connectivity index (χ3n) is 8.69. The quantitative estimate of drug-likeness (QED) is 0.308. The van der Waals surface area contributed by atoms with Crippen LogP contribution in [0.5, 0.6) is 11.8 Å². The summed E-state index contributed by atoms with van der Waals surface area (Å²) in [4.78, 5) is 47.1. The number of aromatic hydroxyl groups is 2. The molecule has 6 aromatic rings. The molecule has 2 aromatic heterocycles. The Morgan fingerprint density at radius 3 is 1.48 bits per heavy atom. The predicted octanol–water partition coefficient (Wildman–Crippen LogP) is 3.47. The van der Waals surface area contributed by atoms with Crippen molar-refractivity contribution < 1.29 is 10.2 Å². The zero-order valence-corrected chi connectivity index (χ0v) is 24.3. The van der Waals surface area contributed by atoms with Gasteiger partial charge in [-0.1, -0.05) is 24.3 Å². The van der Waals surface area contributed by atoms with Crippen LogP contribution in [0.2, 0.25) is 0 Å². The number of rotatable bonds is 6. The summed E-state index contributed by atoms with van der Waals surface area (Å²) < 4.78 is 2.76. The Kier molecular flexibility index (Phi) is 5.54. The zero-order valence-electron chi connectivity index (χ0n) is 24.3. The van der Waals surface area contributed by atoms with E-state index in [9.17, 15) is 19.8 Å². The number of aromatic nitrogens is 2. The van der Waals surface area contributed by atoms with Crippen molar-refractivity contribution in [2.24, 2.45) is 20.0 Å². The fraction of sp³-hybridized carbons (Fsp3) is 0.212. The molecule has 0 atom stereocenters. The number of hydrogen-bond donors (Lipinski definition) is 2. The summed E-state index contributed by atoms with van der Waals surface area (Å²) in [7, 11) is 1.87. The van der Waals surface area contributed by atoms with Crippen molar-refractivity contribution in [2.45, 2.75) is 26.9 Å². The van der Waals surface area contributed by atoms with E-state index in [4.69, 9.17) is 0 Å². The Bertz CT molecular complexity index is 2380. The van der Waals surface area contributed by atoms with Gasteiger partial charge < -0.3 is 15.1 Å². The summed E-state index contributed by atoms with van der Waals surface area (Å²) in [5, 5.41) is 29.0. The molecular formula is C33H27N7O4. The Morgan fingerprint density at radius 1 is 0.636 bits per heavy atom. The van der Waals surface area contributed by atoms with Crippen LogP contribution in [0.1, 0.15) is 13.8 Å². The second-order valence-corrected chi connectivity index (χ2v) is 11.4. The van der Waals surface area contributed by atoms with Crippen LogP contribution < -0.4 is 21.8 Å². The maximum Gasteiger partial charge on any atom is 0.261 e. The maximum absolute atomic E-state index is 13.6. The first-order valence-corrected chi connectivity index (χ1v) is 14.4. The first kappa shape index (κ1) is 26.2. The van der Waals surface area contributed by atoms with Gasteiger partial charge in [0.1, 0.15) is 11.7 Å². The third kappa shape index (κ3) is 3.65. The zero-order chi connectivity index (χ0) is 30.4. The van der Waals surface area contributed by atoms with Gasteiger partial charge in [0.25, 0.3) is 11.1 Å². The van der Waals surface area contributed by atoms with Crippen LogP contribution in [0.3, 0.4) is 0 Å². The number of pyridine rings is 2. The molecule has 0 saturated carbocycles. The lowest BCUT2D eigenvalue weighted by molar-refractivity contribution is 0.286. The van der Waals surface area contributed by atoms with Crippen molar-refractivity contribution >= 4 is 66.1 Å². The van der Waals surface area contributed by atoms with Crippen molar-refractivity contribution in [3.05, 3.63) is 80.0 Å². The van der Waals surface area contributed by atoms with Crippen molar-refractivity contribution in [3.8, 4) is 11.8 Å². The number of aliphatic imine (C=N–C) groups is 2. The second-order valence-electron chi connectivity index (χ2n) is 11.4. The van der Waals surface area contributed by atoms with Crippen LogP contribution in [-0.4, -0.2) is 56.1 Å². The number of amidine groups is 2. The maximum atomic E-state index is 13.6. The summed E-state index contributed by atoms with van der Waals surface area (Å²) >= 11 is 0. The topological polar surface area (TPSA) is 137 Å². The normalized spacial score (nSPS) is 14.0. The van der Waals surface area contributed by atoms with Crippen molar-refractivity contribution in [1.82, 2.24) is 14.0 Å². The summed E-state index contributed by atoms with van der Waals surface area (Å²) in [5.41, 5.74) is 0.758. The van der Waals surface area contributed by atoms with Gasteiger partial charge in [0, 0.05) is 69.3 Å². The number of fused-ring (bicyclic) bond motifs is 4. The van der Waals surface area contributed by atoms with Gasteiger partial charge in [-0.05, 0) is 45.2 Å². The lowest BCUT2D eigenvalue weighted by Crippen LogP contribution is -2.33. The molecule has 2 aliphatic rings. The average molecular weight is 586 g/mol. The van der Waals surface area contributed by atoms with Crippen LogP contribution >= 0.6 is 0 Å². The molecular weight excluding hydrogens is 558 g/mol. The Balaban J connectivity index is 1.10. The van der Waals surface area contributed by atoms with E-state index < -0.39 is 0 Å². The number of likely N-dealkylation sites (N-methyl/N-ethyl adjacent to an activating group) is 1. The molecule has 0 aliphatic carbocycles. The highest BCUT2D eigenvalue weighted by Crippen LogP contribution is 2.34. The predicted molar refractivity (Wildman–Crippen MR) is 171 cm³/mol. The molecule has 0 saturated heterocycles. The van der Waals surface area contributed by atoms with Gasteiger partial charge in [-0.3, -0.25) is 18.7 Å². The van der Waals surface area contributed by atoms with Crippen LogP contribution in [0.25, 0.3) is 43.1 Å². The van der Waals surface area contributed by atoms with Crippen molar-refractivity contribution in [3.63, 3.8) is 0 Å². The molecule has 4 aromatic carbocycles. The summed E-state index contributed by atoms with van der Waals surface area (Å²) in [6.07, 6.45) is 0. The van der Waals surface area contributed by atoms with Gasteiger partial charge in [-0.25, -0.2) is 20.0 Å². The molecule has 2 aliphatic heterocycles. The van der Waals surface area contributed by atoms with E-state index in [1.165, 1.54) is 9.13 Å². The van der Waals surface area contributed by atoms with E-state index in [-0.39, 0.29) is 36.0 Å². The number of hydrogen-bond acceptors (Lipinski definition) is 9. The largest absolute Gasteiger partial charge is 0.494 e. The highest BCUT2D eigenvalue weighted by Gasteiger charge is 2.22. The van der Waals surface area contributed by atoms with Crippen LogP contribution in [-0.2, 0) is 13.1 Å². The van der Waals surface area contributed by atoms with E-state index in [0.29, 0.717) is 79.2 Å². The monoisotopic (exact) mass is 585 g/mol. The molecule has 11 nitrogen and oxygen atoms in total. The lowest BCUT2D eigenvalue weighted by atomic mass is 10.0. The molecule has 0 spiro atoms. The smallest absolute Gasteiger partial charge is 0.261 e. The molecule has 4 heterocycles. The second kappa shape index (κ2) is 9.29. The van der Waals surface area contributed by atoms with Gasteiger partial charge in [-0.15, -0.1) is 0 Å². The highest BCUT2D eigenvalue weighted by molar-refractivity contribution is 6.14. The SMILES string of the molecule is CC1=Nc2cc3c(O)n(CCN(C)CCn4c(O)c5cc6c(c7cccc(c4=O)c57)=NC(C)=N6)c(=O)c4cccc(c2=N1)c34. The standard InChI is InChI=1S/C33H27N7O4/c1-16-34-24-14-22-26-18(28(24)36-16)6-4-8-20(26)30(41)39(32(22)43)12-10-38(3)11-13-40-31(42)21-9-5-7-19-27(21)23(33(40)44)15-25-29(19)37-17(2)35-25/h4-9,14-15,43-44H,10-13H2,1-3H3. The average Bonchev–Trinajstić information content (AvgIpc) is 3.59. The Morgan fingerprint density at radius 2 is 1.05 bits per heavy atom. The molecule has 0 unspecified atom stereocenters. The summed E-state index contributed by atoms with van der Waals surface area (Å²) in [5.74, 6) is 1.03. The molecule has 0 bridgehead atoms. The number of nitrogens with zero attached hydrogens (tertiary/aromatic N) is 7. The lowest BCUT2D eigenvalue weighted by Gasteiger charge is -2.21. The molecule has 11 heteroatoms. The molecule has 44 heavy (non-hydrogen) atoms. The Labute approximate surface area is 249 Å². The first-order chi connectivity index (χ1) is 21.2. The van der Waals surface area contributed by atoms with E-state index >= 15 is 0 Å². The van der Waals surface area contributed by atoms with Crippen molar-refractivity contribution in [1.29, 1.82) is 0 Å². The fourth-order valence-electron chi connectivity index (χ4n) is 6.59. The van der Waals surface area contributed by atoms with E-state index in [2.05, 4.69) is 20.0 Å². The van der Waals surface area contributed by atoms with Crippen LogP contribution in [0, 0.1) is 0 Å².